The fraction of sp³-hybridized carbons (Fsp3) is 0.364. The van der Waals surface area contributed by atoms with E-state index in [-0.39, 0.29) is 13.2 Å². The van der Waals surface area contributed by atoms with Crippen molar-refractivity contribution in [1.82, 2.24) is 9.03 Å². The second kappa shape index (κ2) is 6.88. The van der Waals surface area contributed by atoms with Crippen molar-refractivity contribution >= 4 is 32.2 Å². The van der Waals surface area contributed by atoms with Crippen molar-refractivity contribution in [2.45, 2.75) is 13.5 Å². The molecule has 1 N–H and O–H groups in total. The number of nitrogens with zero attached hydrogens (tertiary/aromatic N) is 1. The maximum atomic E-state index is 11.8. The van der Waals surface area contributed by atoms with E-state index in [9.17, 15) is 13.2 Å². The molecule has 0 heterocycles. The Labute approximate surface area is 121 Å². The van der Waals surface area contributed by atoms with Crippen LogP contribution < -0.4 is 4.72 Å². The van der Waals surface area contributed by atoms with Gasteiger partial charge in [-0.05, 0) is 24.6 Å². The first-order valence-corrected chi connectivity index (χ1v) is 7.73. The summed E-state index contributed by atoms with van der Waals surface area (Å²) in [4.78, 5) is 11.1. The summed E-state index contributed by atoms with van der Waals surface area (Å²) < 4.78 is 31.9. The molecule has 0 radical (unpaired) electrons. The van der Waals surface area contributed by atoms with Crippen LogP contribution in [0.1, 0.15) is 12.5 Å². The largest absolute Gasteiger partial charge is 0.449 e. The van der Waals surface area contributed by atoms with E-state index in [1.807, 2.05) is 16.9 Å². The van der Waals surface area contributed by atoms with Gasteiger partial charge in [0.1, 0.15) is 0 Å². The Balaban J connectivity index is 2.68. The molecule has 1 aromatic rings. The molecule has 0 bridgehead atoms. The average molecular weight is 351 g/mol. The summed E-state index contributed by atoms with van der Waals surface area (Å²) >= 11 is 3.30. The molecule has 0 atom stereocenters. The van der Waals surface area contributed by atoms with E-state index >= 15 is 0 Å². The first-order chi connectivity index (χ1) is 8.85. The lowest BCUT2D eigenvalue weighted by Crippen LogP contribution is -2.41. The molecule has 1 aromatic carbocycles. The lowest BCUT2D eigenvalue weighted by molar-refractivity contribution is 0.158. The van der Waals surface area contributed by atoms with Gasteiger partial charge in [-0.2, -0.15) is 12.7 Å². The van der Waals surface area contributed by atoms with E-state index in [0.717, 1.165) is 14.3 Å². The van der Waals surface area contributed by atoms with E-state index < -0.39 is 16.3 Å². The topological polar surface area (TPSA) is 75.7 Å². The highest BCUT2D eigenvalue weighted by atomic mass is 79.9. The van der Waals surface area contributed by atoms with Gasteiger partial charge in [0.05, 0.1) is 6.61 Å². The summed E-state index contributed by atoms with van der Waals surface area (Å²) in [6.45, 7) is 1.86. The van der Waals surface area contributed by atoms with Crippen LogP contribution in [0.25, 0.3) is 0 Å². The number of nitrogens with one attached hydrogen (secondary N) is 1. The summed E-state index contributed by atoms with van der Waals surface area (Å²) in [6, 6.07) is 7.21. The fourth-order valence-electron chi connectivity index (χ4n) is 1.28. The maximum Gasteiger partial charge on any atom is 0.421 e. The Morgan fingerprint density at radius 1 is 1.37 bits per heavy atom. The molecule has 0 aliphatic heterocycles. The SMILES string of the molecule is CCOC(=O)NS(=O)(=O)N(C)Cc1ccc(Br)cc1. The van der Waals surface area contributed by atoms with Crippen molar-refractivity contribution in [2.75, 3.05) is 13.7 Å². The predicted octanol–water partition coefficient (Wildman–Crippen LogP) is 1.87. The number of hydrogen-bond acceptors (Lipinski definition) is 4. The normalized spacial score (nSPS) is 11.4. The molecule has 0 unspecified atom stereocenters. The van der Waals surface area contributed by atoms with Gasteiger partial charge in [-0.15, -0.1) is 0 Å². The monoisotopic (exact) mass is 350 g/mol. The van der Waals surface area contributed by atoms with Gasteiger partial charge in [-0.25, -0.2) is 9.52 Å². The van der Waals surface area contributed by atoms with Gasteiger partial charge in [-0.3, -0.25) is 0 Å². The van der Waals surface area contributed by atoms with Crippen LogP contribution >= 0.6 is 15.9 Å². The van der Waals surface area contributed by atoms with Crippen molar-refractivity contribution in [3.05, 3.63) is 34.3 Å². The highest BCUT2D eigenvalue weighted by Gasteiger charge is 2.21. The minimum atomic E-state index is -3.89. The van der Waals surface area contributed by atoms with E-state index in [1.54, 1.807) is 19.1 Å². The standard InChI is InChI=1S/C11H15BrN2O4S/c1-3-18-11(15)13-19(16,17)14(2)8-9-4-6-10(12)7-5-9/h4-7H,3,8H2,1-2H3,(H,13,15). The Hall–Kier alpha value is -1.12. The molecule has 0 aromatic heterocycles. The molecule has 0 saturated carbocycles. The number of hydrogen-bond donors (Lipinski definition) is 1. The molecule has 0 aliphatic carbocycles. The Morgan fingerprint density at radius 3 is 2.47 bits per heavy atom. The summed E-state index contributed by atoms with van der Waals surface area (Å²) in [5.74, 6) is 0. The fourth-order valence-corrected chi connectivity index (χ4v) is 2.28. The number of halogens is 1. The molecule has 0 saturated heterocycles. The molecule has 0 fully saturated rings. The third kappa shape index (κ3) is 5.17. The van der Waals surface area contributed by atoms with Gasteiger partial charge in [0.25, 0.3) is 0 Å². The molecular weight excluding hydrogens is 336 g/mol. The Bertz CT molecular complexity index is 530. The molecular formula is C11H15BrN2O4S. The van der Waals surface area contributed by atoms with E-state index in [1.165, 1.54) is 7.05 Å². The lowest BCUT2D eigenvalue weighted by atomic mass is 10.2. The van der Waals surface area contributed by atoms with Gasteiger partial charge in [0.2, 0.25) is 0 Å². The van der Waals surface area contributed by atoms with Crippen LogP contribution in [0.5, 0.6) is 0 Å². The zero-order chi connectivity index (χ0) is 14.5. The van der Waals surface area contributed by atoms with E-state index in [0.29, 0.717) is 0 Å². The first-order valence-electron chi connectivity index (χ1n) is 5.50. The van der Waals surface area contributed by atoms with Crippen LogP contribution in [0, 0.1) is 0 Å². The molecule has 6 nitrogen and oxygen atoms in total. The quantitative estimate of drug-likeness (QED) is 0.879. The summed E-state index contributed by atoms with van der Waals surface area (Å²) in [5, 5.41) is 0. The van der Waals surface area contributed by atoms with Gasteiger partial charge in [0.15, 0.2) is 0 Å². The number of rotatable bonds is 5. The highest BCUT2D eigenvalue weighted by Crippen LogP contribution is 2.12. The second-order valence-electron chi connectivity index (χ2n) is 3.71. The van der Waals surface area contributed by atoms with Crippen molar-refractivity contribution in [3.63, 3.8) is 0 Å². The Kier molecular flexibility index (Phi) is 5.77. The lowest BCUT2D eigenvalue weighted by Gasteiger charge is -2.17. The molecule has 1 rings (SSSR count). The molecule has 106 valence electrons. The van der Waals surface area contributed by atoms with Crippen LogP contribution in [0.2, 0.25) is 0 Å². The third-order valence-corrected chi connectivity index (χ3v) is 4.12. The zero-order valence-electron chi connectivity index (χ0n) is 10.6. The average Bonchev–Trinajstić information content (AvgIpc) is 2.31. The van der Waals surface area contributed by atoms with Crippen LogP contribution in [0.15, 0.2) is 28.7 Å². The molecule has 0 spiro atoms. The summed E-state index contributed by atoms with van der Waals surface area (Å²) in [6.07, 6.45) is -0.981. The molecule has 19 heavy (non-hydrogen) atoms. The smallest absolute Gasteiger partial charge is 0.421 e. The van der Waals surface area contributed by atoms with E-state index in [2.05, 4.69) is 20.7 Å². The second-order valence-corrected chi connectivity index (χ2v) is 6.40. The number of amides is 1. The Morgan fingerprint density at radius 2 is 1.95 bits per heavy atom. The third-order valence-electron chi connectivity index (χ3n) is 2.22. The zero-order valence-corrected chi connectivity index (χ0v) is 13.0. The summed E-state index contributed by atoms with van der Waals surface area (Å²) in [7, 11) is -2.51. The number of benzene rings is 1. The van der Waals surface area contributed by atoms with Crippen LogP contribution in [0.4, 0.5) is 4.79 Å². The number of carbonyl (C=O) groups is 1. The minimum Gasteiger partial charge on any atom is -0.449 e. The van der Waals surface area contributed by atoms with Gasteiger partial charge >= 0.3 is 16.3 Å². The van der Waals surface area contributed by atoms with Crippen molar-refractivity contribution in [2.24, 2.45) is 0 Å². The number of ether oxygens (including phenoxy) is 1. The van der Waals surface area contributed by atoms with Crippen LogP contribution in [0.3, 0.4) is 0 Å². The minimum absolute atomic E-state index is 0.109. The van der Waals surface area contributed by atoms with Crippen LogP contribution in [-0.4, -0.2) is 32.5 Å². The molecule has 1 amide bonds. The van der Waals surface area contributed by atoms with Crippen molar-refractivity contribution in [3.8, 4) is 0 Å². The van der Waals surface area contributed by atoms with Crippen molar-refractivity contribution in [1.29, 1.82) is 0 Å². The van der Waals surface area contributed by atoms with Crippen LogP contribution in [-0.2, 0) is 21.5 Å². The molecule has 0 aliphatic rings. The predicted molar refractivity (Wildman–Crippen MR) is 74.7 cm³/mol. The number of carbonyl (C=O) groups excluding carboxylic acids is 1. The van der Waals surface area contributed by atoms with Gasteiger partial charge < -0.3 is 4.74 Å². The highest BCUT2D eigenvalue weighted by molar-refractivity contribution is 9.10. The first kappa shape index (κ1) is 15.9. The van der Waals surface area contributed by atoms with Gasteiger partial charge in [0, 0.05) is 18.1 Å². The van der Waals surface area contributed by atoms with E-state index in [4.69, 9.17) is 0 Å². The van der Waals surface area contributed by atoms with Crippen molar-refractivity contribution < 1.29 is 17.9 Å². The maximum absolute atomic E-state index is 11.8. The summed E-state index contributed by atoms with van der Waals surface area (Å²) in [5.41, 5.74) is 0.805. The van der Waals surface area contributed by atoms with Gasteiger partial charge in [-0.1, -0.05) is 28.1 Å². The molecule has 8 heteroatoms.